The van der Waals surface area contributed by atoms with Crippen LogP contribution in [0.1, 0.15) is 18.5 Å². The van der Waals surface area contributed by atoms with Gasteiger partial charge in [0, 0.05) is 35.3 Å². The first-order valence-corrected chi connectivity index (χ1v) is 7.75. The van der Waals surface area contributed by atoms with Crippen LogP contribution in [0.2, 0.25) is 5.02 Å². The number of thioether (sulfide) groups is 1. The highest BCUT2D eigenvalue weighted by Gasteiger charge is 2.29. The highest BCUT2D eigenvalue weighted by molar-refractivity contribution is 8.00. The van der Waals surface area contributed by atoms with Crippen LogP contribution in [0.25, 0.3) is 0 Å². The zero-order chi connectivity index (χ0) is 13.6. The summed E-state index contributed by atoms with van der Waals surface area (Å²) >= 11 is 8.33. The summed E-state index contributed by atoms with van der Waals surface area (Å²) in [6, 6.07) is 3.17. The third-order valence-corrected chi connectivity index (χ3v) is 5.02. The Bertz CT molecular complexity index is 537. The fourth-order valence-corrected chi connectivity index (χ4v) is 3.88. The lowest BCUT2D eigenvalue weighted by Crippen LogP contribution is -2.36. The van der Waals surface area contributed by atoms with Gasteiger partial charge >= 0.3 is 0 Å². The number of carbonyl (C=O) groups is 1. The van der Waals surface area contributed by atoms with E-state index in [-0.39, 0.29) is 5.91 Å². The molecule has 1 amide bonds. The highest BCUT2D eigenvalue weighted by Crippen LogP contribution is 2.39. The zero-order valence-corrected chi connectivity index (χ0v) is 12.2. The molecule has 2 aliphatic heterocycles. The molecular formula is C13H16ClN3OS. The molecule has 102 valence electrons. The Morgan fingerprint density at radius 1 is 1.53 bits per heavy atom. The molecular weight excluding hydrogens is 282 g/mol. The smallest absolute Gasteiger partial charge is 0.245 e. The summed E-state index contributed by atoms with van der Waals surface area (Å²) in [7, 11) is 0. The normalized spacial score (nSPS) is 26.3. The molecule has 1 aromatic carbocycles. The topological polar surface area (TPSA) is 58.4 Å². The first-order valence-electron chi connectivity index (χ1n) is 6.32. The molecule has 2 unspecified atom stereocenters. The van der Waals surface area contributed by atoms with Crippen LogP contribution in [-0.4, -0.2) is 30.0 Å². The number of carbonyl (C=O) groups excluding carboxylic acids is 1. The largest absolute Gasteiger partial charge is 0.368 e. The van der Waals surface area contributed by atoms with E-state index in [9.17, 15) is 4.79 Å². The van der Waals surface area contributed by atoms with Crippen LogP contribution in [0.15, 0.2) is 12.1 Å². The van der Waals surface area contributed by atoms with Crippen molar-refractivity contribution in [2.75, 3.05) is 29.1 Å². The minimum atomic E-state index is -0.600. The second-order valence-corrected chi connectivity index (χ2v) is 6.94. The summed E-state index contributed by atoms with van der Waals surface area (Å²) in [5.41, 5.74) is 8.39. The Hall–Kier alpha value is -0.910. The van der Waals surface area contributed by atoms with E-state index in [0.29, 0.717) is 10.3 Å². The standard InChI is InChI=1S/C13H16ClN3OS/c1-7-6-17(2-3-19-7)11-5-10-8(4-9(11)14)12(15)13(18)16-10/h4-5,7,12H,2-3,6,15H2,1H3,(H,16,18). The molecule has 0 bridgehead atoms. The molecule has 0 aromatic heterocycles. The Morgan fingerprint density at radius 3 is 3.05 bits per heavy atom. The van der Waals surface area contributed by atoms with Gasteiger partial charge in [-0.2, -0.15) is 11.8 Å². The molecule has 1 aromatic rings. The Balaban J connectivity index is 1.95. The molecule has 4 nitrogen and oxygen atoms in total. The minimum absolute atomic E-state index is 0.161. The molecule has 2 atom stereocenters. The molecule has 3 rings (SSSR count). The average Bonchev–Trinajstić information content (AvgIpc) is 2.65. The van der Waals surface area contributed by atoms with Crippen molar-refractivity contribution in [3.05, 3.63) is 22.7 Å². The summed E-state index contributed by atoms with van der Waals surface area (Å²) in [6.07, 6.45) is 0. The fourth-order valence-electron chi connectivity index (χ4n) is 2.57. The number of halogens is 1. The second kappa shape index (κ2) is 4.89. The van der Waals surface area contributed by atoms with Crippen molar-refractivity contribution in [1.29, 1.82) is 0 Å². The van der Waals surface area contributed by atoms with Crippen molar-refractivity contribution >= 4 is 40.6 Å². The van der Waals surface area contributed by atoms with Crippen molar-refractivity contribution < 1.29 is 4.79 Å². The van der Waals surface area contributed by atoms with Crippen LogP contribution in [0, 0.1) is 0 Å². The molecule has 6 heteroatoms. The lowest BCUT2D eigenvalue weighted by Gasteiger charge is -2.33. The molecule has 2 aliphatic rings. The summed E-state index contributed by atoms with van der Waals surface area (Å²) in [5, 5.41) is 4.07. The van der Waals surface area contributed by atoms with Gasteiger partial charge in [-0.1, -0.05) is 18.5 Å². The first-order chi connectivity index (χ1) is 9.06. The van der Waals surface area contributed by atoms with Gasteiger partial charge in [0.15, 0.2) is 0 Å². The van der Waals surface area contributed by atoms with Gasteiger partial charge in [0.25, 0.3) is 0 Å². The van der Waals surface area contributed by atoms with Crippen LogP contribution in [0.4, 0.5) is 11.4 Å². The second-order valence-electron chi connectivity index (χ2n) is 4.99. The van der Waals surface area contributed by atoms with E-state index in [1.807, 2.05) is 23.9 Å². The summed E-state index contributed by atoms with van der Waals surface area (Å²) in [4.78, 5) is 13.9. The molecule has 0 saturated carbocycles. The van der Waals surface area contributed by atoms with Crippen LogP contribution in [0.3, 0.4) is 0 Å². The number of nitrogens with two attached hydrogens (primary N) is 1. The number of hydrogen-bond acceptors (Lipinski definition) is 4. The summed E-state index contributed by atoms with van der Waals surface area (Å²) in [6.45, 7) is 4.17. The molecule has 1 fully saturated rings. The van der Waals surface area contributed by atoms with Gasteiger partial charge in [0.05, 0.1) is 10.7 Å². The first kappa shape index (κ1) is 13.1. The third kappa shape index (κ3) is 2.30. The van der Waals surface area contributed by atoms with Crippen LogP contribution >= 0.6 is 23.4 Å². The van der Waals surface area contributed by atoms with Gasteiger partial charge < -0.3 is 16.0 Å². The zero-order valence-electron chi connectivity index (χ0n) is 10.6. The number of anilines is 2. The molecule has 1 saturated heterocycles. The van der Waals surface area contributed by atoms with Crippen LogP contribution in [0.5, 0.6) is 0 Å². The van der Waals surface area contributed by atoms with Gasteiger partial charge in [-0.15, -0.1) is 0 Å². The van der Waals surface area contributed by atoms with Gasteiger partial charge in [-0.05, 0) is 12.1 Å². The number of fused-ring (bicyclic) bond motifs is 1. The Morgan fingerprint density at radius 2 is 2.32 bits per heavy atom. The van der Waals surface area contributed by atoms with Gasteiger partial charge in [-0.25, -0.2) is 0 Å². The molecule has 0 aliphatic carbocycles. The maximum atomic E-state index is 11.6. The number of amides is 1. The molecule has 3 N–H and O–H groups in total. The molecule has 19 heavy (non-hydrogen) atoms. The average molecular weight is 298 g/mol. The van der Waals surface area contributed by atoms with Crippen molar-refractivity contribution in [2.45, 2.75) is 18.2 Å². The predicted octanol–water partition coefficient (Wildman–Crippen LogP) is 2.23. The number of hydrogen-bond donors (Lipinski definition) is 2. The Labute approximate surface area is 121 Å². The Kier molecular flexibility index (Phi) is 3.37. The van der Waals surface area contributed by atoms with Crippen molar-refractivity contribution in [3.8, 4) is 0 Å². The maximum absolute atomic E-state index is 11.6. The number of rotatable bonds is 1. The SMILES string of the molecule is CC1CN(c2cc3c(cc2Cl)C(N)C(=O)N3)CCS1. The van der Waals surface area contributed by atoms with Crippen molar-refractivity contribution in [2.24, 2.45) is 5.73 Å². The van der Waals surface area contributed by atoms with E-state index in [4.69, 9.17) is 17.3 Å². The van der Waals surface area contributed by atoms with E-state index in [1.54, 1.807) is 0 Å². The number of nitrogens with one attached hydrogen (secondary N) is 1. The van der Waals surface area contributed by atoms with Crippen molar-refractivity contribution in [3.63, 3.8) is 0 Å². The predicted molar refractivity (Wildman–Crippen MR) is 81.1 cm³/mol. The molecule has 0 radical (unpaired) electrons. The van der Waals surface area contributed by atoms with Crippen LogP contribution in [-0.2, 0) is 4.79 Å². The molecule has 0 spiro atoms. The van der Waals surface area contributed by atoms with E-state index in [2.05, 4.69) is 17.1 Å². The monoisotopic (exact) mass is 297 g/mol. The van der Waals surface area contributed by atoms with E-state index < -0.39 is 6.04 Å². The van der Waals surface area contributed by atoms with Gasteiger partial charge in [0.2, 0.25) is 5.91 Å². The third-order valence-electron chi connectivity index (χ3n) is 3.58. The van der Waals surface area contributed by atoms with E-state index in [1.165, 1.54) is 0 Å². The van der Waals surface area contributed by atoms with E-state index in [0.717, 1.165) is 35.8 Å². The quantitative estimate of drug-likeness (QED) is 0.834. The van der Waals surface area contributed by atoms with Crippen LogP contribution < -0.4 is 16.0 Å². The number of benzene rings is 1. The minimum Gasteiger partial charge on any atom is -0.368 e. The van der Waals surface area contributed by atoms with Crippen molar-refractivity contribution in [1.82, 2.24) is 0 Å². The highest BCUT2D eigenvalue weighted by atomic mass is 35.5. The van der Waals surface area contributed by atoms with Gasteiger partial charge in [-0.3, -0.25) is 4.79 Å². The maximum Gasteiger partial charge on any atom is 0.245 e. The summed E-state index contributed by atoms with van der Waals surface area (Å²) < 4.78 is 0. The summed E-state index contributed by atoms with van der Waals surface area (Å²) in [5.74, 6) is 0.936. The fraction of sp³-hybridized carbons (Fsp3) is 0.462. The van der Waals surface area contributed by atoms with Gasteiger partial charge in [0.1, 0.15) is 6.04 Å². The lowest BCUT2D eigenvalue weighted by molar-refractivity contribution is -0.116. The number of nitrogens with zero attached hydrogens (tertiary/aromatic N) is 1. The molecule has 2 heterocycles. The lowest BCUT2D eigenvalue weighted by atomic mass is 10.1. The van der Waals surface area contributed by atoms with E-state index >= 15 is 0 Å².